The van der Waals surface area contributed by atoms with Crippen LogP contribution < -0.4 is 5.73 Å². The predicted octanol–water partition coefficient (Wildman–Crippen LogP) is 3.48. The lowest BCUT2D eigenvalue weighted by molar-refractivity contribution is 0.103. The van der Waals surface area contributed by atoms with Crippen molar-refractivity contribution in [1.82, 2.24) is 10.1 Å². The van der Waals surface area contributed by atoms with E-state index in [9.17, 15) is 0 Å². The summed E-state index contributed by atoms with van der Waals surface area (Å²) in [6, 6.07) is 3.30. The highest BCUT2D eigenvalue weighted by Crippen LogP contribution is 2.34. The topological polar surface area (TPSA) is 74.2 Å². The van der Waals surface area contributed by atoms with Crippen molar-refractivity contribution in [3.8, 4) is 11.5 Å². The molecule has 7 heteroatoms. The van der Waals surface area contributed by atoms with Gasteiger partial charge in [0.2, 0.25) is 5.82 Å². The summed E-state index contributed by atoms with van der Waals surface area (Å²) < 4.78 is 10.7. The molecule has 1 aromatic heterocycles. The molecule has 2 heterocycles. The normalized spacial score (nSPS) is 18.9. The van der Waals surface area contributed by atoms with Crippen LogP contribution >= 0.6 is 23.2 Å². The van der Waals surface area contributed by atoms with Gasteiger partial charge in [0.25, 0.3) is 5.89 Å². The van der Waals surface area contributed by atoms with E-state index in [2.05, 4.69) is 10.1 Å². The Morgan fingerprint density at radius 2 is 2.00 bits per heavy atom. The average molecular weight is 300 g/mol. The van der Waals surface area contributed by atoms with E-state index in [0.29, 0.717) is 33.0 Å². The third-order valence-corrected chi connectivity index (χ3v) is 3.61. The van der Waals surface area contributed by atoms with Crippen molar-refractivity contribution in [2.75, 3.05) is 12.3 Å². The summed E-state index contributed by atoms with van der Waals surface area (Å²) >= 11 is 12.0. The Balaban J connectivity index is 1.94. The number of nitrogens with two attached hydrogens (primary N) is 1. The van der Waals surface area contributed by atoms with Crippen LogP contribution in [-0.2, 0) is 4.74 Å². The van der Waals surface area contributed by atoms with Crippen molar-refractivity contribution in [1.29, 1.82) is 0 Å². The van der Waals surface area contributed by atoms with Gasteiger partial charge in [0.15, 0.2) is 0 Å². The van der Waals surface area contributed by atoms with Crippen LogP contribution in [0.3, 0.4) is 0 Å². The van der Waals surface area contributed by atoms with Gasteiger partial charge in [-0.15, -0.1) is 0 Å². The van der Waals surface area contributed by atoms with Crippen LogP contribution in [0, 0.1) is 0 Å². The minimum absolute atomic E-state index is 0.0859. The van der Waals surface area contributed by atoms with Gasteiger partial charge in [-0.2, -0.15) is 4.98 Å². The molecule has 2 aromatic rings. The number of hydrogen-bond acceptors (Lipinski definition) is 5. The lowest BCUT2D eigenvalue weighted by atomic mass is 10.2. The third kappa shape index (κ3) is 2.41. The first-order valence-electron chi connectivity index (χ1n) is 5.85. The number of benzene rings is 1. The molecule has 0 bridgehead atoms. The van der Waals surface area contributed by atoms with Crippen molar-refractivity contribution >= 4 is 28.9 Å². The smallest absolute Gasteiger partial charge is 0.258 e. The van der Waals surface area contributed by atoms with E-state index in [0.717, 1.165) is 19.4 Å². The van der Waals surface area contributed by atoms with Crippen LogP contribution in [0.15, 0.2) is 16.7 Å². The zero-order valence-electron chi connectivity index (χ0n) is 9.90. The fourth-order valence-corrected chi connectivity index (χ4v) is 2.46. The molecule has 0 saturated carbocycles. The summed E-state index contributed by atoms with van der Waals surface area (Å²) in [5.41, 5.74) is 6.66. The molecule has 19 heavy (non-hydrogen) atoms. The Morgan fingerprint density at radius 3 is 2.63 bits per heavy atom. The van der Waals surface area contributed by atoms with Gasteiger partial charge in [0.05, 0.1) is 15.7 Å². The SMILES string of the molecule is Nc1c(Cl)cc(-c2nc(C3CCCO3)no2)cc1Cl. The van der Waals surface area contributed by atoms with Gasteiger partial charge in [0.1, 0.15) is 6.10 Å². The van der Waals surface area contributed by atoms with Crippen LogP contribution in [0.25, 0.3) is 11.5 Å². The summed E-state index contributed by atoms with van der Waals surface area (Å²) in [6.07, 6.45) is 1.83. The highest BCUT2D eigenvalue weighted by atomic mass is 35.5. The number of halogens is 2. The molecule has 0 spiro atoms. The molecule has 0 aliphatic carbocycles. The summed E-state index contributed by atoms with van der Waals surface area (Å²) in [4.78, 5) is 4.31. The van der Waals surface area contributed by atoms with Crippen LogP contribution in [0.1, 0.15) is 24.8 Å². The Morgan fingerprint density at radius 1 is 1.26 bits per heavy atom. The number of ether oxygens (including phenoxy) is 1. The average Bonchev–Trinajstić information content (AvgIpc) is 3.05. The Hall–Kier alpha value is -1.30. The van der Waals surface area contributed by atoms with E-state index >= 15 is 0 Å². The fourth-order valence-electron chi connectivity index (χ4n) is 1.97. The predicted molar refractivity (Wildman–Crippen MR) is 72.1 cm³/mol. The monoisotopic (exact) mass is 299 g/mol. The maximum absolute atomic E-state index is 5.98. The molecule has 100 valence electrons. The molecule has 0 amide bonds. The molecule has 5 nitrogen and oxygen atoms in total. The first kappa shape index (κ1) is 12.7. The van der Waals surface area contributed by atoms with Gasteiger partial charge >= 0.3 is 0 Å². The largest absolute Gasteiger partial charge is 0.396 e. The molecular weight excluding hydrogens is 289 g/mol. The van der Waals surface area contributed by atoms with E-state index in [1.165, 1.54) is 0 Å². The van der Waals surface area contributed by atoms with E-state index < -0.39 is 0 Å². The summed E-state index contributed by atoms with van der Waals surface area (Å²) in [5, 5.41) is 4.65. The Labute approximate surface area is 119 Å². The summed E-state index contributed by atoms with van der Waals surface area (Å²) in [7, 11) is 0. The van der Waals surface area contributed by atoms with Crippen molar-refractivity contribution in [3.63, 3.8) is 0 Å². The van der Waals surface area contributed by atoms with Gasteiger partial charge in [-0.1, -0.05) is 28.4 Å². The van der Waals surface area contributed by atoms with E-state index in [-0.39, 0.29) is 6.10 Å². The molecule has 1 aliphatic rings. The summed E-state index contributed by atoms with van der Waals surface area (Å²) in [6.45, 7) is 0.730. The van der Waals surface area contributed by atoms with Gasteiger partial charge in [-0.3, -0.25) is 0 Å². The fraction of sp³-hybridized carbons (Fsp3) is 0.333. The van der Waals surface area contributed by atoms with Crippen LogP contribution in [0.2, 0.25) is 10.0 Å². The molecule has 1 aromatic carbocycles. The standard InChI is InChI=1S/C12H11Cl2N3O2/c13-7-4-6(5-8(14)10(7)15)12-16-11(17-19-12)9-2-1-3-18-9/h4-5,9H,1-3,15H2. The molecule has 0 radical (unpaired) electrons. The minimum Gasteiger partial charge on any atom is -0.396 e. The maximum atomic E-state index is 5.98. The first-order valence-corrected chi connectivity index (χ1v) is 6.61. The number of rotatable bonds is 2. The molecule has 1 fully saturated rings. The van der Waals surface area contributed by atoms with Gasteiger partial charge in [-0.05, 0) is 25.0 Å². The molecule has 1 aliphatic heterocycles. The van der Waals surface area contributed by atoms with E-state index in [1.807, 2.05) is 0 Å². The highest BCUT2D eigenvalue weighted by Gasteiger charge is 2.23. The third-order valence-electron chi connectivity index (χ3n) is 2.99. The zero-order chi connectivity index (χ0) is 13.4. The first-order chi connectivity index (χ1) is 9.15. The second-order valence-corrected chi connectivity index (χ2v) is 5.13. The second-order valence-electron chi connectivity index (χ2n) is 4.31. The van der Waals surface area contributed by atoms with Crippen molar-refractivity contribution in [3.05, 3.63) is 28.0 Å². The lowest BCUT2D eigenvalue weighted by Crippen LogP contribution is -1.97. The number of aromatic nitrogens is 2. The molecule has 1 unspecified atom stereocenters. The minimum atomic E-state index is -0.0859. The molecule has 1 atom stereocenters. The molecule has 1 saturated heterocycles. The van der Waals surface area contributed by atoms with Crippen molar-refractivity contribution in [2.24, 2.45) is 0 Å². The maximum Gasteiger partial charge on any atom is 0.258 e. The summed E-state index contributed by atoms with van der Waals surface area (Å²) in [5.74, 6) is 0.908. The van der Waals surface area contributed by atoms with Gasteiger partial charge in [0, 0.05) is 12.2 Å². The number of anilines is 1. The molecule has 3 rings (SSSR count). The van der Waals surface area contributed by atoms with E-state index in [1.54, 1.807) is 12.1 Å². The van der Waals surface area contributed by atoms with Crippen LogP contribution in [-0.4, -0.2) is 16.7 Å². The Kier molecular flexibility index (Phi) is 3.35. The number of hydrogen-bond donors (Lipinski definition) is 1. The van der Waals surface area contributed by atoms with Gasteiger partial charge in [-0.25, -0.2) is 0 Å². The molecular formula is C12H11Cl2N3O2. The molecule has 2 N–H and O–H groups in total. The zero-order valence-corrected chi connectivity index (χ0v) is 11.4. The van der Waals surface area contributed by atoms with Crippen LogP contribution in [0.5, 0.6) is 0 Å². The van der Waals surface area contributed by atoms with Crippen LogP contribution in [0.4, 0.5) is 5.69 Å². The van der Waals surface area contributed by atoms with E-state index in [4.69, 9.17) is 38.2 Å². The van der Waals surface area contributed by atoms with Crippen molar-refractivity contribution < 1.29 is 9.26 Å². The number of nitrogens with zero attached hydrogens (tertiary/aromatic N) is 2. The van der Waals surface area contributed by atoms with Gasteiger partial charge < -0.3 is 15.0 Å². The second kappa shape index (κ2) is 5.00. The number of nitrogen functional groups attached to an aromatic ring is 1. The quantitative estimate of drug-likeness (QED) is 0.859. The highest BCUT2D eigenvalue weighted by molar-refractivity contribution is 6.39. The Bertz CT molecular complexity index is 586. The lowest BCUT2D eigenvalue weighted by Gasteiger charge is -2.03. The van der Waals surface area contributed by atoms with Crippen molar-refractivity contribution in [2.45, 2.75) is 18.9 Å².